The summed E-state index contributed by atoms with van der Waals surface area (Å²) in [6.07, 6.45) is 95.0. The Kier molecular flexibility index (Phi) is 70.4. The minimum atomic E-state index is -4.95. The number of allylic oxidation sites excluding steroid dienone is 30. The lowest BCUT2D eigenvalue weighted by Gasteiger charge is -2.21. The van der Waals surface area contributed by atoms with E-state index in [2.05, 4.69) is 203 Å². The molecule has 0 aliphatic rings. The van der Waals surface area contributed by atoms with Gasteiger partial charge in [0.2, 0.25) is 0 Å². The Balaban J connectivity index is 4.71. The molecule has 0 aliphatic heterocycles. The van der Waals surface area contributed by atoms with Gasteiger partial charge in [-0.3, -0.25) is 32.5 Å². The number of carbonyl (C=O) groups excluding carboxylic acids is 3. The maximum absolute atomic E-state index is 13.0. The van der Waals surface area contributed by atoms with Crippen molar-refractivity contribution in [1.82, 2.24) is 0 Å². The lowest BCUT2D eigenvalue weighted by Crippen LogP contribution is -2.30. The van der Waals surface area contributed by atoms with Crippen molar-refractivity contribution in [1.29, 1.82) is 0 Å². The van der Waals surface area contributed by atoms with Crippen molar-refractivity contribution >= 4 is 33.6 Å². The van der Waals surface area contributed by atoms with Crippen molar-refractivity contribution in [3.05, 3.63) is 182 Å². The van der Waals surface area contributed by atoms with Crippen LogP contribution in [0.4, 0.5) is 0 Å². The average molecular weight is 1450 g/mol. The first kappa shape index (κ1) is 95.6. The van der Waals surface area contributed by atoms with E-state index in [1.165, 1.54) is 25.7 Å². The van der Waals surface area contributed by atoms with Crippen molar-refractivity contribution in [3.63, 3.8) is 0 Å². The second-order valence-corrected chi connectivity index (χ2v) is 27.6. The van der Waals surface area contributed by atoms with Crippen molar-refractivity contribution in [2.24, 2.45) is 0 Å². The molecule has 5 unspecified atom stereocenters. The molecule has 0 saturated carbocycles. The van der Waals surface area contributed by atoms with Crippen molar-refractivity contribution in [2.75, 3.05) is 39.6 Å². The van der Waals surface area contributed by atoms with Crippen LogP contribution in [-0.4, -0.2) is 95.9 Å². The van der Waals surface area contributed by atoms with Gasteiger partial charge in [0.1, 0.15) is 25.4 Å². The SMILES string of the molecule is CC/C=C\C/C=C\C/C=C\C/C=C\C/C=C\C/C=C\CCCCCCC(=O)OCC(COP(=O)(O)OCC(O)COP(=O)(O)OCC(O)COC(=O)CCCCCCCCCCC/C=C\C/C=C\C/C=C\C/C=C\C/C=C\CC)OC(=O)CCCCCC/C=C\C/C=C\C/C=C\C/C=C\CC. The molecule has 16 nitrogen and oxygen atoms in total. The largest absolute Gasteiger partial charge is 0.472 e. The van der Waals surface area contributed by atoms with Crippen LogP contribution in [0, 0.1) is 0 Å². The number of esters is 3. The summed E-state index contributed by atoms with van der Waals surface area (Å²) in [5.41, 5.74) is 0. The number of hydrogen-bond acceptors (Lipinski definition) is 14. The monoisotopic (exact) mass is 1450 g/mol. The number of aliphatic hydroxyl groups is 2. The van der Waals surface area contributed by atoms with Gasteiger partial charge in [-0.15, -0.1) is 0 Å². The average Bonchev–Trinajstić information content (AvgIpc) is 0.941. The lowest BCUT2D eigenvalue weighted by molar-refractivity contribution is -0.161. The minimum absolute atomic E-state index is 0.0628. The fourth-order valence-corrected chi connectivity index (χ4v) is 11.0. The summed E-state index contributed by atoms with van der Waals surface area (Å²) in [6, 6.07) is 0. The van der Waals surface area contributed by atoms with Gasteiger partial charge in [-0.05, 0) is 154 Å². The van der Waals surface area contributed by atoms with Crippen LogP contribution < -0.4 is 0 Å². The molecule has 0 rings (SSSR count). The highest BCUT2D eigenvalue weighted by molar-refractivity contribution is 7.47. The number of unbranched alkanes of at least 4 members (excludes halogenated alkanes) is 17. The standard InChI is InChI=1S/C83H134O16P2/c1-4-7-10-13-16-19-22-25-28-31-33-35-37-38-40-42-43-46-48-51-54-57-60-63-66-69-81(86)93-72-78(84)73-95-100(89,90)96-74-79(85)75-97-101(91,92)98-77-80(99-83(88)71-68-65-62-59-56-53-50-45-30-27-24-21-18-15-12-9-6-3)76-94-82(87)70-67-64-61-58-55-52-49-47-44-41-39-36-34-32-29-26-23-20-17-14-11-8-5-2/h7-12,16-21,25-30,33-36,38,40-41,44,49-50,52-53,78-80,84-85H,4-6,13-15,22-24,31-32,37,39,42-43,45-48,51,54-77H2,1-3H3,(H,89,90)(H,91,92)/b10-7-,11-8-,12-9-,19-16-,20-17-,21-18-,28-25-,29-26-,30-27-,35-33-,36-34-,40-38-,44-41-,52-49-,53-50-. The summed E-state index contributed by atoms with van der Waals surface area (Å²) < 4.78 is 61.1. The molecule has 0 aromatic carbocycles. The van der Waals surface area contributed by atoms with E-state index in [1.54, 1.807) is 0 Å². The third-order valence-electron chi connectivity index (χ3n) is 15.1. The highest BCUT2D eigenvalue weighted by Crippen LogP contribution is 2.45. The van der Waals surface area contributed by atoms with E-state index in [0.29, 0.717) is 19.3 Å². The summed E-state index contributed by atoms with van der Waals surface area (Å²) in [4.78, 5) is 58.6. The molecule has 0 radical (unpaired) electrons. The maximum Gasteiger partial charge on any atom is 0.472 e. The van der Waals surface area contributed by atoms with Crippen molar-refractivity contribution in [3.8, 4) is 0 Å². The summed E-state index contributed by atoms with van der Waals surface area (Å²) in [7, 11) is -9.82. The van der Waals surface area contributed by atoms with Crippen LogP contribution in [0.5, 0.6) is 0 Å². The Morgan fingerprint density at radius 2 is 0.495 bits per heavy atom. The van der Waals surface area contributed by atoms with Crippen LogP contribution in [0.1, 0.15) is 265 Å². The van der Waals surface area contributed by atoms with Crippen molar-refractivity contribution in [2.45, 2.75) is 283 Å². The predicted octanol–water partition coefficient (Wildman–Crippen LogP) is 22.2. The van der Waals surface area contributed by atoms with Crippen molar-refractivity contribution < 1.29 is 75.8 Å². The summed E-state index contributed by atoms with van der Waals surface area (Å²) >= 11 is 0. The van der Waals surface area contributed by atoms with E-state index < -0.39 is 91.5 Å². The Labute approximate surface area is 611 Å². The Morgan fingerprint density at radius 3 is 0.782 bits per heavy atom. The molecule has 18 heteroatoms. The molecule has 0 spiro atoms. The normalized spacial score (nSPS) is 15.0. The third-order valence-corrected chi connectivity index (χ3v) is 17.0. The van der Waals surface area contributed by atoms with Gasteiger partial charge >= 0.3 is 33.6 Å². The number of hydrogen-bond donors (Lipinski definition) is 4. The first-order valence-electron chi connectivity index (χ1n) is 38.1. The molecule has 0 saturated heterocycles. The maximum atomic E-state index is 13.0. The van der Waals surface area contributed by atoms with Crippen LogP contribution >= 0.6 is 15.6 Å². The first-order chi connectivity index (χ1) is 49.2. The van der Waals surface area contributed by atoms with Gasteiger partial charge in [0, 0.05) is 19.3 Å². The van der Waals surface area contributed by atoms with E-state index in [4.69, 9.17) is 32.3 Å². The molecule has 0 heterocycles. The molecular formula is C83H134O16P2. The molecule has 0 aromatic rings. The number of ether oxygens (including phenoxy) is 3. The van der Waals surface area contributed by atoms with Crippen LogP contribution in [0.2, 0.25) is 0 Å². The van der Waals surface area contributed by atoms with Crippen LogP contribution in [0.3, 0.4) is 0 Å². The van der Waals surface area contributed by atoms with Crippen LogP contribution in [0.15, 0.2) is 182 Å². The quantitative estimate of drug-likeness (QED) is 0.0146. The van der Waals surface area contributed by atoms with Gasteiger partial charge in [0.25, 0.3) is 0 Å². The highest BCUT2D eigenvalue weighted by atomic mass is 31.2. The van der Waals surface area contributed by atoms with E-state index in [-0.39, 0.29) is 19.3 Å². The molecule has 4 N–H and O–H groups in total. The molecule has 0 aromatic heterocycles. The van der Waals surface area contributed by atoms with E-state index in [1.807, 2.05) is 0 Å². The molecule has 0 aliphatic carbocycles. The number of rotatable bonds is 70. The van der Waals surface area contributed by atoms with Gasteiger partial charge in [-0.25, -0.2) is 9.13 Å². The molecule has 0 fully saturated rings. The fraction of sp³-hybridized carbons (Fsp3) is 0.602. The van der Waals surface area contributed by atoms with E-state index in [9.17, 15) is 43.5 Å². The van der Waals surface area contributed by atoms with E-state index in [0.717, 1.165) is 180 Å². The third kappa shape index (κ3) is 75.6. The molecule has 0 amide bonds. The number of phosphoric ester groups is 2. The smallest absolute Gasteiger partial charge is 0.463 e. The zero-order chi connectivity index (χ0) is 73.7. The zero-order valence-electron chi connectivity index (χ0n) is 62.2. The van der Waals surface area contributed by atoms with Crippen LogP contribution in [-0.2, 0) is 55.8 Å². The van der Waals surface area contributed by atoms with E-state index >= 15 is 0 Å². The second kappa shape index (κ2) is 74.4. The summed E-state index contributed by atoms with van der Waals surface area (Å²) in [5.74, 6) is -1.65. The predicted molar refractivity (Wildman–Crippen MR) is 417 cm³/mol. The zero-order valence-corrected chi connectivity index (χ0v) is 64.0. The Bertz CT molecular complexity index is 2570. The lowest BCUT2D eigenvalue weighted by atomic mass is 10.1. The minimum Gasteiger partial charge on any atom is -0.463 e. The number of aliphatic hydroxyl groups excluding tert-OH is 2. The topological polar surface area (TPSA) is 231 Å². The first-order valence-corrected chi connectivity index (χ1v) is 41.1. The molecular weight excluding hydrogens is 1310 g/mol. The second-order valence-electron chi connectivity index (χ2n) is 24.7. The molecule has 0 bridgehead atoms. The Hall–Kier alpha value is -5.35. The molecule has 101 heavy (non-hydrogen) atoms. The Morgan fingerprint density at radius 1 is 0.277 bits per heavy atom. The van der Waals surface area contributed by atoms with Gasteiger partial charge in [0.05, 0.1) is 26.4 Å². The fourth-order valence-electron chi connectivity index (χ4n) is 9.41. The molecule has 5 atom stereocenters. The van der Waals surface area contributed by atoms with Crippen LogP contribution in [0.25, 0.3) is 0 Å². The van der Waals surface area contributed by atoms with Gasteiger partial charge in [0.15, 0.2) is 6.10 Å². The van der Waals surface area contributed by atoms with Gasteiger partial charge < -0.3 is 34.2 Å². The highest BCUT2D eigenvalue weighted by Gasteiger charge is 2.29. The number of phosphoric acid groups is 2. The number of carbonyl (C=O) groups is 3. The summed E-state index contributed by atoms with van der Waals surface area (Å²) in [5, 5.41) is 20.6. The van der Waals surface area contributed by atoms with Gasteiger partial charge in [-0.2, -0.15) is 0 Å². The van der Waals surface area contributed by atoms with Gasteiger partial charge in [-0.1, -0.05) is 274 Å². The summed E-state index contributed by atoms with van der Waals surface area (Å²) in [6.45, 7) is 2.25. The molecule has 572 valence electrons.